The fourth-order valence-corrected chi connectivity index (χ4v) is 3.01. The molecule has 0 amide bonds. The maximum atomic E-state index is 13.4. The first-order valence-corrected chi connectivity index (χ1v) is 6.71. The molecule has 1 atom stereocenters. The summed E-state index contributed by atoms with van der Waals surface area (Å²) >= 11 is 1.73. The van der Waals surface area contributed by atoms with Crippen LogP contribution >= 0.6 is 11.8 Å². The number of halogens is 2. The number of benzene rings is 1. The monoisotopic (exact) mass is 274 g/mol. The van der Waals surface area contributed by atoms with Crippen LogP contribution in [-0.4, -0.2) is 22.5 Å². The molecule has 7 heteroatoms. The summed E-state index contributed by atoms with van der Waals surface area (Å²) in [5.41, 5.74) is -0.767. The summed E-state index contributed by atoms with van der Waals surface area (Å²) < 4.78 is 26.5. The van der Waals surface area contributed by atoms with Crippen LogP contribution < -0.4 is 5.32 Å². The summed E-state index contributed by atoms with van der Waals surface area (Å²) in [6, 6.07) is 1.52. The lowest BCUT2D eigenvalue weighted by atomic mass is 10.1. The molecule has 1 N–H and O–H groups in total. The van der Waals surface area contributed by atoms with Gasteiger partial charge in [-0.05, 0) is 18.6 Å². The van der Waals surface area contributed by atoms with Crippen LogP contribution in [0.15, 0.2) is 12.1 Å². The number of rotatable bonds is 3. The highest BCUT2D eigenvalue weighted by Crippen LogP contribution is 2.31. The molecule has 1 fully saturated rings. The maximum absolute atomic E-state index is 13.4. The van der Waals surface area contributed by atoms with Gasteiger partial charge in [0.05, 0.1) is 4.92 Å². The number of nitro groups is 1. The van der Waals surface area contributed by atoms with E-state index < -0.39 is 22.2 Å². The second-order valence-electron chi connectivity index (χ2n) is 4.10. The molecule has 0 radical (unpaired) electrons. The largest absolute Gasteiger partial charge is 0.376 e. The third kappa shape index (κ3) is 2.90. The zero-order valence-electron chi connectivity index (χ0n) is 9.49. The number of hydrogen-bond acceptors (Lipinski definition) is 4. The number of nitrogens with zero attached hydrogens (tertiary/aromatic N) is 1. The second-order valence-corrected chi connectivity index (χ2v) is 5.25. The van der Waals surface area contributed by atoms with E-state index in [1.54, 1.807) is 11.8 Å². The standard InChI is InChI=1S/C11H12F2N2O2S/c12-7-4-9(13)11(15(16)17)10(5-7)14-8-2-1-3-18-6-8/h4-5,8,14H,1-3,6H2. The molecule has 0 saturated carbocycles. The number of anilines is 1. The van der Waals surface area contributed by atoms with E-state index >= 15 is 0 Å². The van der Waals surface area contributed by atoms with E-state index in [-0.39, 0.29) is 11.7 Å². The summed E-state index contributed by atoms with van der Waals surface area (Å²) in [5, 5.41) is 13.7. The van der Waals surface area contributed by atoms with E-state index in [9.17, 15) is 18.9 Å². The van der Waals surface area contributed by atoms with E-state index in [0.29, 0.717) is 6.07 Å². The molecule has 1 aromatic rings. The Morgan fingerprint density at radius 1 is 1.44 bits per heavy atom. The predicted octanol–water partition coefficient (Wildman–Crippen LogP) is 3.18. The highest BCUT2D eigenvalue weighted by molar-refractivity contribution is 7.99. The first-order chi connectivity index (χ1) is 8.58. The molecular formula is C11H12F2N2O2S. The topological polar surface area (TPSA) is 55.2 Å². The fourth-order valence-electron chi connectivity index (χ4n) is 1.94. The van der Waals surface area contributed by atoms with Gasteiger partial charge in [-0.2, -0.15) is 16.2 Å². The Hall–Kier alpha value is -1.37. The molecule has 4 nitrogen and oxygen atoms in total. The van der Waals surface area contributed by atoms with E-state index in [1.807, 2.05) is 0 Å². The van der Waals surface area contributed by atoms with Gasteiger partial charge in [0.15, 0.2) is 0 Å². The van der Waals surface area contributed by atoms with Gasteiger partial charge in [-0.1, -0.05) is 0 Å². The summed E-state index contributed by atoms with van der Waals surface area (Å²) in [6.45, 7) is 0. The van der Waals surface area contributed by atoms with Crippen LogP contribution in [-0.2, 0) is 0 Å². The van der Waals surface area contributed by atoms with Crippen LogP contribution in [0.3, 0.4) is 0 Å². The highest BCUT2D eigenvalue weighted by atomic mass is 32.2. The van der Waals surface area contributed by atoms with Crippen LogP contribution in [0, 0.1) is 21.7 Å². The Bertz CT molecular complexity index is 465. The molecule has 0 aliphatic carbocycles. The third-order valence-corrected chi connectivity index (χ3v) is 3.95. The van der Waals surface area contributed by atoms with Crippen molar-refractivity contribution >= 4 is 23.1 Å². The number of nitrogens with one attached hydrogen (secondary N) is 1. The second kappa shape index (κ2) is 5.51. The van der Waals surface area contributed by atoms with Crippen molar-refractivity contribution in [1.82, 2.24) is 0 Å². The SMILES string of the molecule is O=[N+]([O-])c1c(F)cc(F)cc1NC1CCCSC1. The smallest absolute Gasteiger partial charge is 0.327 e. The van der Waals surface area contributed by atoms with Gasteiger partial charge in [0, 0.05) is 23.9 Å². The highest BCUT2D eigenvalue weighted by Gasteiger charge is 2.24. The summed E-state index contributed by atoms with van der Waals surface area (Å²) in [7, 11) is 0. The molecular weight excluding hydrogens is 262 g/mol. The quantitative estimate of drug-likeness (QED) is 0.679. The molecule has 1 aliphatic rings. The van der Waals surface area contributed by atoms with Crippen LogP contribution in [0.4, 0.5) is 20.2 Å². The number of thioether (sulfide) groups is 1. The molecule has 18 heavy (non-hydrogen) atoms. The molecule has 1 heterocycles. The lowest BCUT2D eigenvalue weighted by Crippen LogP contribution is -2.26. The molecule has 0 spiro atoms. The van der Waals surface area contributed by atoms with Gasteiger partial charge in [0.1, 0.15) is 11.5 Å². The van der Waals surface area contributed by atoms with Gasteiger partial charge in [0.2, 0.25) is 5.82 Å². The van der Waals surface area contributed by atoms with Gasteiger partial charge in [-0.3, -0.25) is 10.1 Å². The van der Waals surface area contributed by atoms with Crippen molar-refractivity contribution in [3.63, 3.8) is 0 Å². The average molecular weight is 274 g/mol. The van der Waals surface area contributed by atoms with Crippen molar-refractivity contribution in [3.8, 4) is 0 Å². The van der Waals surface area contributed by atoms with E-state index in [0.717, 1.165) is 30.4 Å². The summed E-state index contributed by atoms with van der Waals surface area (Å²) in [5.74, 6) is -0.123. The van der Waals surface area contributed by atoms with Crippen molar-refractivity contribution in [1.29, 1.82) is 0 Å². The Labute approximate surface area is 107 Å². The Kier molecular flexibility index (Phi) is 4.00. The molecule has 1 unspecified atom stereocenters. The molecule has 98 valence electrons. The van der Waals surface area contributed by atoms with E-state index in [2.05, 4.69) is 5.32 Å². The van der Waals surface area contributed by atoms with Crippen molar-refractivity contribution in [3.05, 3.63) is 33.9 Å². The zero-order valence-corrected chi connectivity index (χ0v) is 10.3. The molecule has 2 rings (SSSR count). The van der Waals surface area contributed by atoms with Crippen LogP contribution in [0.1, 0.15) is 12.8 Å². The number of hydrogen-bond donors (Lipinski definition) is 1. The lowest BCUT2D eigenvalue weighted by molar-refractivity contribution is -0.386. The van der Waals surface area contributed by atoms with Crippen molar-refractivity contribution in [2.45, 2.75) is 18.9 Å². The van der Waals surface area contributed by atoms with Crippen LogP contribution in [0.5, 0.6) is 0 Å². The molecule has 0 aromatic heterocycles. The molecule has 0 bridgehead atoms. The lowest BCUT2D eigenvalue weighted by Gasteiger charge is -2.23. The Balaban J connectivity index is 2.27. The summed E-state index contributed by atoms with van der Waals surface area (Å²) in [4.78, 5) is 9.97. The summed E-state index contributed by atoms with van der Waals surface area (Å²) in [6.07, 6.45) is 1.84. The van der Waals surface area contributed by atoms with Gasteiger partial charge in [0.25, 0.3) is 0 Å². The predicted molar refractivity (Wildman–Crippen MR) is 67.0 cm³/mol. The maximum Gasteiger partial charge on any atom is 0.327 e. The minimum Gasteiger partial charge on any atom is -0.376 e. The van der Waals surface area contributed by atoms with E-state index in [1.165, 1.54) is 0 Å². The average Bonchev–Trinajstić information content (AvgIpc) is 2.28. The van der Waals surface area contributed by atoms with Crippen molar-refractivity contribution in [2.75, 3.05) is 16.8 Å². The molecule has 1 aliphatic heterocycles. The van der Waals surface area contributed by atoms with Crippen molar-refractivity contribution in [2.24, 2.45) is 0 Å². The third-order valence-electron chi connectivity index (χ3n) is 2.73. The molecule has 1 aromatic carbocycles. The Morgan fingerprint density at radius 3 is 2.83 bits per heavy atom. The van der Waals surface area contributed by atoms with Crippen LogP contribution in [0.2, 0.25) is 0 Å². The van der Waals surface area contributed by atoms with Gasteiger partial charge in [-0.15, -0.1) is 0 Å². The van der Waals surface area contributed by atoms with Gasteiger partial charge >= 0.3 is 5.69 Å². The zero-order chi connectivity index (χ0) is 13.1. The van der Waals surface area contributed by atoms with Gasteiger partial charge in [-0.25, -0.2) is 4.39 Å². The van der Waals surface area contributed by atoms with E-state index in [4.69, 9.17) is 0 Å². The first-order valence-electron chi connectivity index (χ1n) is 5.55. The Morgan fingerprint density at radius 2 is 2.22 bits per heavy atom. The van der Waals surface area contributed by atoms with Crippen LogP contribution in [0.25, 0.3) is 0 Å². The van der Waals surface area contributed by atoms with Gasteiger partial charge < -0.3 is 5.32 Å². The normalized spacial score (nSPS) is 19.6. The first kappa shape index (κ1) is 13.1. The minimum atomic E-state index is -1.15. The fraction of sp³-hybridized carbons (Fsp3) is 0.455. The number of nitro benzene ring substituents is 1. The van der Waals surface area contributed by atoms with Crippen molar-refractivity contribution < 1.29 is 13.7 Å². The molecule has 1 saturated heterocycles. The minimum absolute atomic E-state index is 0.0173.